The number of hydrogen-bond acceptors (Lipinski definition) is 5. The van der Waals surface area contributed by atoms with Gasteiger partial charge in [0, 0.05) is 57.2 Å². The first-order valence-electron chi connectivity index (χ1n) is 14.0. The van der Waals surface area contributed by atoms with Crippen LogP contribution >= 0.6 is 0 Å². The third-order valence-corrected chi connectivity index (χ3v) is 7.56. The molecule has 0 bridgehead atoms. The average molecular weight is 585 g/mol. The summed E-state index contributed by atoms with van der Waals surface area (Å²) < 4.78 is 27.5. The van der Waals surface area contributed by atoms with Gasteiger partial charge in [0.15, 0.2) is 0 Å². The molecule has 222 valence electrons. The largest absolute Gasteiger partial charge is 0.378 e. The summed E-state index contributed by atoms with van der Waals surface area (Å²) in [6, 6.07) is 24.6. The maximum absolute atomic E-state index is 13.7. The van der Waals surface area contributed by atoms with Gasteiger partial charge in [-0.05, 0) is 77.9 Å². The lowest BCUT2D eigenvalue weighted by atomic mass is 9.96. The number of primary amides is 1. The first-order chi connectivity index (χ1) is 20.7. The molecule has 8 nitrogen and oxygen atoms in total. The van der Waals surface area contributed by atoms with Crippen molar-refractivity contribution >= 4 is 34.7 Å². The smallest absolute Gasteiger partial charge is 0.323 e. The van der Waals surface area contributed by atoms with Gasteiger partial charge in [-0.2, -0.15) is 0 Å². The van der Waals surface area contributed by atoms with E-state index in [2.05, 4.69) is 20.4 Å². The van der Waals surface area contributed by atoms with Crippen molar-refractivity contribution in [3.8, 4) is 0 Å². The third kappa shape index (κ3) is 7.10. The molecular formula is C33H34F2N6O2. The molecule has 1 saturated heterocycles. The van der Waals surface area contributed by atoms with E-state index < -0.39 is 11.9 Å². The minimum absolute atomic E-state index is 0.192. The second-order valence-electron chi connectivity index (χ2n) is 10.6. The van der Waals surface area contributed by atoms with Gasteiger partial charge >= 0.3 is 6.03 Å². The Morgan fingerprint density at radius 2 is 1.33 bits per heavy atom. The quantitative estimate of drug-likeness (QED) is 0.248. The van der Waals surface area contributed by atoms with Crippen LogP contribution in [-0.2, 0) is 0 Å². The lowest BCUT2D eigenvalue weighted by Crippen LogP contribution is -2.48. The predicted octanol–water partition coefficient (Wildman–Crippen LogP) is 5.69. The number of carbonyl (C=O) groups is 2. The van der Waals surface area contributed by atoms with E-state index in [-0.39, 0.29) is 23.2 Å². The van der Waals surface area contributed by atoms with Crippen molar-refractivity contribution in [2.75, 3.05) is 60.7 Å². The highest BCUT2D eigenvalue weighted by atomic mass is 19.1. The monoisotopic (exact) mass is 584 g/mol. The number of carbonyl (C=O) groups excluding carboxylic acids is 2. The number of piperazine rings is 1. The number of anilines is 4. The molecule has 1 aliphatic heterocycles. The van der Waals surface area contributed by atoms with Crippen LogP contribution in [0.1, 0.15) is 27.5 Å². The van der Waals surface area contributed by atoms with E-state index in [1.165, 1.54) is 24.3 Å². The van der Waals surface area contributed by atoms with Crippen LogP contribution in [0.2, 0.25) is 0 Å². The molecule has 1 aliphatic rings. The average Bonchev–Trinajstić information content (AvgIpc) is 3.00. The topological polar surface area (TPSA) is 93.9 Å². The first kappa shape index (κ1) is 29.5. The summed E-state index contributed by atoms with van der Waals surface area (Å²) in [6.07, 6.45) is 0. The van der Waals surface area contributed by atoms with Gasteiger partial charge in [-0.15, -0.1) is 0 Å². The molecule has 0 atom stereocenters. The number of hydrogen-bond donors (Lipinski definition) is 3. The lowest BCUT2D eigenvalue weighted by molar-refractivity contribution is 0.1000. The molecule has 4 N–H and O–H groups in total. The third-order valence-electron chi connectivity index (χ3n) is 7.56. The Hall–Kier alpha value is -4.96. The Kier molecular flexibility index (Phi) is 8.87. The number of nitrogens with two attached hydrogens (primary N) is 1. The maximum Gasteiger partial charge on any atom is 0.323 e. The van der Waals surface area contributed by atoms with Crippen LogP contribution in [0.15, 0.2) is 91.0 Å². The molecule has 4 aromatic rings. The Morgan fingerprint density at radius 3 is 1.84 bits per heavy atom. The summed E-state index contributed by atoms with van der Waals surface area (Å²) in [7, 11) is 3.88. The number of nitrogens with zero attached hydrogens (tertiary/aromatic N) is 3. The first-order valence-corrected chi connectivity index (χ1v) is 14.0. The fourth-order valence-electron chi connectivity index (χ4n) is 5.32. The fraction of sp³-hybridized carbons (Fsp3) is 0.212. The molecule has 4 aromatic carbocycles. The van der Waals surface area contributed by atoms with Gasteiger partial charge in [0.05, 0.1) is 17.4 Å². The van der Waals surface area contributed by atoms with Crippen molar-refractivity contribution in [1.29, 1.82) is 0 Å². The number of nitrogens with one attached hydrogen (secondary N) is 2. The second kappa shape index (κ2) is 12.9. The highest BCUT2D eigenvalue weighted by molar-refractivity contribution is 6.03. The van der Waals surface area contributed by atoms with E-state index in [0.29, 0.717) is 37.6 Å². The molecule has 10 heteroatoms. The molecule has 0 aromatic heterocycles. The van der Waals surface area contributed by atoms with E-state index in [1.807, 2.05) is 43.3 Å². The van der Waals surface area contributed by atoms with Crippen LogP contribution in [0.3, 0.4) is 0 Å². The number of rotatable bonds is 8. The molecule has 1 heterocycles. The molecular weight excluding hydrogens is 550 g/mol. The van der Waals surface area contributed by atoms with Crippen LogP contribution in [0.4, 0.5) is 36.3 Å². The molecule has 0 spiro atoms. The highest BCUT2D eigenvalue weighted by Crippen LogP contribution is 2.33. The molecule has 1 fully saturated rings. The Morgan fingerprint density at radius 1 is 0.767 bits per heavy atom. The highest BCUT2D eigenvalue weighted by Gasteiger charge is 2.28. The van der Waals surface area contributed by atoms with Crippen LogP contribution in [0.5, 0.6) is 0 Å². The number of urea groups is 1. The predicted molar refractivity (Wildman–Crippen MR) is 167 cm³/mol. The van der Waals surface area contributed by atoms with Crippen molar-refractivity contribution in [3.05, 3.63) is 119 Å². The molecule has 0 unspecified atom stereocenters. The van der Waals surface area contributed by atoms with Crippen LogP contribution in [-0.4, -0.2) is 57.1 Å². The van der Waals surface area contributed by atoms with Gasteiger partial charge in [0.2, 0.25) is 5.91 Å². The molecule has 5 rings (SSSR count). The van der Waals surface area contributed by atoms with Crippen molar-refractivity contribution in [3.63, 3.8) is 0 Å². The Balaban J connectivity index is 1.34. The zero-order valence-corrected chi connectivity index (χ0v) is 24.1. The Bertz CT molecular complexity index is 1520. The summed E-state index contributed by atoms with van der Waals surface area (Å²) >= 11 is 0. The van der Waals surface area contributed by atoms with Gasteiger partial charge in [-0.25, -0.2) is 13.6 Å². The maximum atomic E-state index is 13.7. The number of halogens is 2. The van der Waals surface area contributed by atoms with Crippen molar-refractivity contribution in [2.24, 2.45) is 5.73 Å². The lowest BCUT2D eigenvalue weighted by Gasteiger charge is -2.41. The van der Waals surface area contributed by atoms with Gasteiger partial charge in [0.25, 0.3) is 0 Å². The minimum Gasteiger partial charge on any atom is -0.378 e. The Labute approximate surface area is 249 Å². The van der Waals surface area contributed by atoms with Gasteiger partial charge in [-0.3, -0.25) is 9.69 Å². The van der Waals surface area contributed by atoms with Crippen LogP contribution in [0, 0.1) is 11.6 Å². The summed E-state index contributed by atoms with van der Waals surface area (Å²) in [4.78, 5) is 31.3. The molecule has 3 amide bonds. The van der Waals surface area contributed by atoms with E-state index >= 15 is 0 Å². The molecule has 0 radical (unpaired) electrons. The standard InChI is InChI=1S/C33H34F2N6O2/c1-39(2)28-14-12-27(13-15-28)37-33(43)38-29-21-24(32(36)42)7-16-30(29)40-17-19-41(20-18-40)31(22-3-8-25(34)9-4-22)23-5-10-26(35)11-6-23/h3-16,21,31H,17-20H2,1-2H3,(H2,36,42)(H2,37,38,43). The van der Waals surface area contributed by atoms with E-state index in [1.54, 1.807) is 42.5 Å². The number of benzene rings is 4. The van der Waals surface area contributed by atoms with E-state index in [0.717, 1.165) is 22.5 Å². The zero-order chi connectivity index (χ0) is 30.5. The molecule has 0 aliphatic carbocycles. The van der Waals surface area contributed by atoms with Gasteiger partial charge in [-0.1, -0.05) is 24.3 Å². The van der Waals surface area contributed by atoms with E-state index in [9.17, 15) is 18.4 Å². The summed E-state index contributed by atoms with van der Waals surface area (Å²) in [5.74, 6) is -1.23. The van der Waals surface area contributed by atoms with Crippen molar-refractivity contribution in [1.82, 2.24) is 4.90 Å². The minimum atomic E-state index is -0.597. The van der Waals surface area contributed by atoms with Crippen molar-refractivity contribution < 1.29 is 18.4 Å². The number of amides is 3. The van der Waals surface area contributed by atoms with Crippen LogP contribution in [0.25, 0.3) is 0 Å². The zero-order valence-electron chi connectivity index (χ0n) is 24.1. The summed E-state index contributed by atoms with van der Waals surface area (Å²) in [5, 5.41) is 5.73. The van der Waals surface area contributed by atoms with Crippen LogP contribution < -0.4 is 26.2 Å². The van der Waals surface area contributed by atoms with Crippen molar-refractivity contribution in [2.45, 2.75) is 6.04 Å². The molecule has 43 heavy (non-hydrogen) atoms. The normalized spacial score (nSPS) is 13.6. The summed E-state index contributed by atoms with van der Waals surface area (Å²) in [6.45, 7) is 2.50. The summed E-state index contributed by atoms with van der Waals surface area (Å²) in [5.41, 5.74) is 10.5. The van der Waals surface area contributed by atoms with E-state index in [4.69, 9.17) is 5.73 Å². The fourth-order valence-corrected chi connectivity index (χ4v) is 5.32. The SMILES string of the molecule is CN(C)c1ccc(NC(=O)Nc2cc(C(N)=O)ccc2N2CCN(C(c3ccc(F)cc3)c3ccc(F)cc3)CC2)cc1. The second-order valence-corrected chi connectivity index (χ2v) is 10.6. The molecule has 0 saturated carbocycles. The van der Waals surface area contributed by atoms with Gasteiger partial charge in [0.1, 0.15) is 11.6 Å². The van der Waals surface area contributed by atoms with Gasteiger partial charge < -0.3 is 26.2 Å².